The van der Waals surface area contributed by atoms with Crippen molar-refractivity contribution in [2.45, 2.75) is 0 Å². The second-order valence-electron chi connectivity index (χ2n) is 17.3. The first kappa shape index (κ1) is 38.5. The highest BCUT2D eigenvalue weighted by Gasteiger charge is 2.18. The van der Waals surface area contributed by atoms with Crippen LogP contribution < -0.4 is 4.90 Å². The van der Waals surface area contributed by atoms with E-state index in [-0.39, 0.29) is 0 Å². The minimum Gasteiger partial charge on any atom is -0.455 e. The van der Waals surface area contributed by atoms with Gasteiger partial charge in [0, 0.05) is 49.9 Å². The molecule has 11 aromatic carbocycles. The van der Waals surface area contributed by atoms with Crippen molar-refractivity contribution in [2.75, 3.05) is 4.90 Å². The monoisotopic (exact) mass is 854 g/mol. The lowest BCUT2D eigenvalue weighted by Gasteiger charge is -2.26. The van der Waals surface area contributed by atoms with Gasteiger partial charge in [0.05, 0.1) is 11.0 Å². The van der Waals surface area contributed by atoms with Crippen LogP contribution in [-0.4, -0.2) is 4.57 Å². The fourth-order valence-corrected chi connectivity index (χ4v) is 10.1. The van der Waals surface area contributed by atoms with Gasteiger partial charge in [-0.25, -0.2) is 0 Å². The maximum atomic E-state index is 6.46. The van der Waals surface area contributed by atoms with E-state index in [1.54, 1.807) is 0 Å². The highest BCUT2D eigenvalue weighted by Crippen LogP contribution is 2.41. The number of hydrogen-bond donors (Lipinski definition) is 0. The third-order valence-electron chi connectivity index (χ3n) is 13.4. The molecule has 0 aliphatic carbocycles. The zero-order valence-electron chi connectivity index (χ0n) is 36.6. The van der Waals surface area contributed by atoms with Gasteiger partial charge in [-0.3, -0.25) is 0 Å². The summed E-state index contributed by atoms with van der Waals surface area (Å²) in [5.74, 6) is 0. The lowest BCUT2D eigenvalue weighted by Crippen LogP contribution is -2.10. The molecule has 0 fully saturated rings. The van der Waals surface area contributed by atoms with Crippen LogP contribution in [0.1, 0.15) is 0 Å². The van der Waals surface area contributed by atoms with Gasteiger partial charge in [0.1, 0.15) is 11.2 Å². The fraction of sp³-hybridized carbons (Fsp3) is 0. The van der Waals surface area contributed by atoms with E-state index in [0.717, 1.165) is 61.4 Å². The second kappa shape index (κ2) is 16.0. The Hall–Kier alpha value is -8.92. The van der Waals surface area contributed by atoms with Crippen molar-refractivity contribution in [3.63, 3.8) is 0 Å². The first-order valence-electron chi connectivity index (χ1n) is 22.9. The number of aromatic nitrogens is 1. The molecule has 0 amide bonds. The minimum atomic E-state index is 0.901. The van der Waals surface area contributed by atoms with Crippen molar-refractivity contribution in [3.8, 4) is 50.2 Å². The van der Waals surface area contributed by atoms with Gasteiger partial charge in [0.2, 0.25) is 0 Å². The molecule has 2 aromatic heterocycles. The van der Waals surface area contributed by atoms with E-state index in [0.29, 0.717) is 0 Å². The van der Waals surface area contributed by atoms with Gasteiger partial charge < -0.3 is 13.9 Å². The predicted molar refractivity (Wildman–Crippen MR) is 282 cm³/mol. The van der Waals surface area contributed by atoms with Gasteiger partial charge in [-0.15, -0.1) is 0 Å². The zero-order valence-corrected chi connectivity index (χ0v) is 36.6. The molecular weight excluding hydrogens is 813 g/mol. The number of benzene rings is 11. The summed E-state index contributed by atoms with van der Waals surface area (Å²) >= 11 is 0. The van der Waals surface area contributed by atoms with Crippen molar-refractivity contribution in [2.24, 2.45) is 0 Å². The van der Waals surface area contributed by atoms with Crippen LogP contribution in [0.25, 0.3) is 105 Å². The molecule has 2 heterocycles. The fourth-order valence-electron chi connectivity index (χ4n) is 10.1. The van der Waals surface area contributed by atoms with Crippen molar-refractivity contribution in [1.82, 2.24) is 4.57 Å². The first-order valence-corrected chi connectivity index (χ1v) is 22.9. The summed E-state index contributed by atoms with van der Waals surface area (Å²) in [6, 6.07) is 91.9. The zero-order chi connectivity index (χ0) is 44.3. The van der Waals surface area contributed by atoms with E-state index in [9.17, 15) is 0 Å². The summed E-state index contributed by atoms with van der Waals surface area (Å²) in [7, 11) is 0. The van der Waals surface area contributed by atoms with Crippen LogP contribution in [0.15, 0.2) is 259 Å². The molecule has 0 saturated heterocycles. The molecule has 0 N–H and O–H groups in total. The number of fused-ring (bicyclic) bond motifs is 7. The van der Waals surface area contributed by atoms with Gasteiger partial charge >= 0.3 is 0 Å². The summed E-state index contributed by atoms with van der Waals surface area (Å²) in [5, 5.41) is 7.25. The Labute approximate surface area is 388 Å². The molecular formula is C64H42N2O. The maximum absolute atomic E-state index is 6.46. The van der Waals surface area contributed by atoms with Crippen LogP contribution in [0.4, 0.5) is 17.1 Å². The molecule has 314 valence electrons. The van der Waals surface area contributed by atoms with Gasteiger partial charge in [-0.05, 0) is 123 Å². The second-order valence-corrected chi connectivity index (χ2v) is 17.3. The van der Waals surface area contributed by atoms with Crippen LogP contribution in [0, 0.1) is 0 Å². The van der Waals surface area contributed by atoms with Crippen LogP contribution in [0.5, 0.6) is 0 Å². The Balaban J connectivity index is 0.863. The van der Waals surface area contributed by atoms with Crippen molar-refractivity contribution < 1.29 is 4.42 Å². The van der Waals surface area contributed by atoms with Crippen LogP contribution in [0.2, 0.25) is 0 Å². The predicted octanol–water partition coefficient (Wildman–Crippen LogP) is 18.0. The Morgan fingerprint density at radius 1 is 0.299 bits per heavy atom. The molecule has 0 aliphatic heterocycles. The molecule has 0 radical (unpaired) electrons. The molecule has 0 aliphatic rings. The smallest absolute Gasteiger partial charge is 0.143 e. The molecule has 3 heteroatoms. The minimum absolute atomic E-state index is 0.901. The van der Waals surface area contributed by atoms with E-state index >= 15 is 0 Å². The van der Waals surface area contributed by atoms with Gasteiger partial charge in [0.25, 0.3) is 0 Å². The molecule has 0 saturated carbocycles. The van der Waals surface area contributed by atoms with Crippen LogP contribution in [-0.2, 0) is 0 Å². The number of para-hydroxylation sites is 4. The summed E-state index contributed by atoms with van der Waals surface area (Å²) < 4.78 is 8.85. The summed E-state index contributed by atoms with van der Waals surface area (Å²) in [4.78, 5) is 2.36. The van der Waals surface area contributed by atoms with Crippen molar-refractivity contribution in [1.29, 1.82) is 0 Å². The molecule has 13 aromatic rings. The molecule has 0 unspecified atom stereocenters. The number of rotatable bonds is 8. The third-order valence-corrected chi connectivity index (χ3v) is 13.4. The number of anilines is 3. The van der Waals surface area contributed by atoms with Gasteiger partial charge in [-0.1, -0.05) is 182 Å². The summed E-state index contributed by atoms with van der Waals surface area (Å²) in [6.07, 6.45) is 0. The molecule has 0 spiro atoms. The van der Waals surface area contributed by atoms with Crippen LogP contribution in [0.3, 0.4) is 0 Å². The highest BCUT2D eigenvalue weighted by atomic mass is 16.3. The largest absolute Gasteiger partial charge is 0.455 e. The first-order chi connectivity index (χ1) is 33.2. The summed E-state index contributed by atoms with van der Waals surface area (Å²) in [6.45, 7) is 0. The van der Waals surface area contributed by atoms with Gasteiger partial charge in [0.15, 0.2) is 0 Å². The van der Waals surface area contributed by atoms with Crippen LogP contribution >= 0.6 is 0 Å². The molecule has 0 atom stereocenters. The Morgan fingerprint density at radius 2 is 0.806 bits per heavy atom. The molecule has 67 heavy (non-hydrogen) atoms. The van der Waals surface area contributed by atoms with Crippen molar-refractivity contribution >= 4 is 71.6 Å². The lowest BCUT2D eigenvalue weighted by molar-refractivity contribution is 0.670. The standard InChI is InChI=1S/C64H42N2O/c1-2-13-48-41-51(31-30-43(48)12-1)50-15-9-14-49(40-50)46-28-26-44(27-29-46)45-32-36-52(37-33-45)65(53-38-34-47(35-39-53)56-21-11-22-60-59-20-5-8-25-63(59)67-64(56)60)54-16-10-17-55(42-54)66-61-23-6-3-18-57(61)58-19-4-7-24-62(58)66/h1-42H. The average molecular weight is 855 g/mol. The molecule has 13 rings (SSSR count). The van der Waals surface area contributed by atoms with E-state index in [2.05, 4.69) is 252 Å². The number of furan rings is 1. The lowest BCUT2D eigenvalue weighted by atomic mass is 9.96. The quantitative estimate of drug-likeness (QED) is 0.152. The van der Waals surface area contributed by atoms with E-state index in [1.165, 1.54) is 60.4 Å². The topological polar surface area (TPSA) is 21.3 Å². The van der Waals surface area contributed by atoms with E-state index < -0.39 is 0 Å². The normalized spacial score (nSPS) is 11.6. The van der Waals surface area contributed by atoms with Crippen molar-refractivity contribution in [3.05, 3.63) is 255 Å². The SMILES string of the molecule is c1cc(-c2ccc(-c3ccc(N(c4ccc(-c5cccc6c5oc5ccccc56)cc4)c4cccc(-n5c6ccccc6c6ccccc65)c4)cc3)cc2)cc(-c2ccc3ccccc3c2)c1. The Morgan fingerprint density at radius 3 is 1.52 bits per heavy atom. The van der Waals surface area contributed by atoms with E-state index in [1.807, 2.05) is 12.1 Å². The third kappa shape index (κ3) is 6.76. The summed E-state index contributed by atoms with van der Waals surface area (Å²) in [5.41, 5.74) is 17.8. The van der Waals surface area contributed by atoms with E-state index in [4.69, 9.17) is 4.42 Å². The Kier molecular flexibility index (Phi) is 9.17. The number of nitrogens with zero attached hydrogens (tertiary/aromatic N) is 2. The van der Waals surface area contributed by atoms with Gasteiger partial charge in [-0.2, -0.15) is 0 Å². The Bertz CT molecular complexity index is 3920. The maximum Gasteiger partial charge on any atom is 0.143 e. The molecule has 3 nitrogen and oxygen atoms in total. The average Bonchev–Trinajstić information content (AvgIpc) is 3.96. The number of hydrogen-bond acceptors (Lipinski definition) is 2. The highest BCUT2D eigenvalue weighted by molar-refractivity contribution is 6.10. The molecule has 0 bridgehead atoms.